The zero-order chi connectivity index (χ0) is 15.4. The van der Waals surface area contributed by atoms with Crippen LogP contribution in [0.1, 0.15) is 22.8 Å². The van der Waals surface area contributed by atoms with E-state index in [0.29, 0.717) is 21.3 Å². The Bertz CT molecular complexity index is 697. The van der Waals surface area contributed by atoms with Crippen LogP contribution in [0.4, 0.5) is 0 Å². The first-order valence-corrected chi connectivity index (χ1v) is 6.82. The molecule has 21 heavy (non-hydrogen) atoms. The van der Waals surface area contributed by atoms with Crippen molar-refractivity contribution in [1.82, 2.24) is 5.43 Å². The lowest BCUT2D eigenvalue weighted by Crippen LogP contribution is -2.19. The summed E-state index contributed by atoms with van der Waals surface area (Å²) in [5.41, 5.74) is 4.20. The van der Waals surface area contributed by atoms with Crippen molar-refractivity contribution in [3.63, 3.8) is 0 Å². The molecule has 0 aliphatic heterocycles. The topological polar surface area (TPSA) is 61.7 Å². The van der Waals surface area contributed by atoms with Crippen molar-refractivity contribution < 1.29 is 9.90 Å². The highest BCUT2D eigenvalue weighted by Crippen LogP contribution is 2.22. The molecule has 108 valence electrons. The number of aromatic hydroxyl groups is 1. The molecule has 0 saturated carbocycles. The summed E-state index contributed by atoms with van der Waals surface area (Å²) in [4.78, 5) is 11.9. The van der Waals surface area contributed by atoms with Gasteiger partial charge in [-0.15, -0.1) is 0 Å². The highest BCUT2D eigenvalue weighted by Gasteiger charge is 2.06. The Labute approximate surface area is 132 Å². The monoisotopic (exact) mass is 322 g/mol. The summed E-state index contributed by atoms with van der Waals surface area (Å²) in [6.07, 6.45) is 0. The van der Waals surface area contributed by atoms with Gasteiger partial charge in [-0.2, -0.15) is 5.10 Å². The molecular weight excluding hydrogens is 311 g/mol. The van der Waals surface area contributed by atoms with Crippen LogP contribution in [0.15, 0.2) is 47.6 Å². The lowest BCUT2D eigenvalue weighted by molar-refractivity contribution is 0.0955. The molecule has 0 heterocycles. The SMILES string of the molecule is C/C(=N/NC(=O)c1ccc(O)cc1)c1ccc(Cl)c(Cl)c1. The van der Waals surface area contributed by atoms with E-state index >= 15 is 0 Å². The van der Waals surface area contributed by atoms with Gasteiger partial charge in [-0.1, -0.05) is 29.3 Å². The standard InChI is InChI=1S/C15H12Cl2N2O2/c1-9(11-4-7-13(16)14(17)8-11)18-19-15(21)10-2-5-12(20)6-3-10/h2-8,20H,1H3,(H,19,21)/b18-9-. The summed E-state index contributed by atoms with van der Waals surface area (Å²) >= 11 is 11.8. The van der Waals surface area contributed by atoms with Gasteiger partial charge in [0.05, 0.1) is 15.8 Å². The number of nitrogens with one attached hydrogen (secondary N) is 1. The van der Waals surface area contributed by atoms with Gasteiger partial charge >= 0.3 is 0 Å². The number of hydrazone groups is 1. The Kier molecular flexibility index (Phi) is 4.83. The largest absolute Gasteiger partial charge is 0.508 e. The molecule has 2 rings (SSSR count). The lowest BCUT2D eigenvalue weighted by atomic mass is 10.1. The van der Waals surface area contributed by atoms with Crippen LogP contribution in [0.5, 0.6) is 5.75 Å². The van der Waals surface area contributed by atoms with E-state index in [4.69, 9.17) is 23.2 Å². The van der Waals surface area contributed by atoms with Crippen LogP contribution in [0.3, 0.4) is 0 Å². The average Bonchev–Trinajstić information content (AvgIpc) is 2.48. The number of rotatable bonds is 3. The highest BCUT2D eigenvalue weighted by atomic mass is 35.5. The number of benzene rings is 2. The minimum absolute atomic E-state index is 0.0991. The lowest BCUT2D eigenvalue weighted by Gasteiger charge is -2.04. The number of amides is 1. The van der Waals surface area contributed by atoms with E-state index in [1.807, 2.05) is 0 Å². The molecule has 2 aromatic carbocycles. The first kappa shape index (κ1) is 15.4. The van der Waals surface area contributed by atoms with E-state index in [1.54, 1.807) is 25.1 Å². The van der Waals surface area contributed by atoms with E-state index in [2.05, 4.69) is 10.5 Å². The molecule has 0 bridgehead atoms. The van der Waals surface area contributed by atoms with Gasteiger partial charge in [0.2, 0.25) is 0 Å². The summed E-state index contributed by atoms with van der Waals surface area (Å²) in [7, 11) is 0. The van der Waals surface area contributed by atoms with Crippen LogP contribution in [0, 0.1) is 0 Å². The third-order valence-electron chi connectivity index (χ3n) is 2.79. The summed E-state index contributed by atoms with van der Waals surface area (Å²) in [5.74, 6) is -0.267. The Morgan fingerprint density at radius 2 is 1.67 bits per heavy atom. The fourth-order valence-corrected chi connectivity index (χ4v) is 1.90. The highest BCUT2D eigenvalue weighted by molar-refractivity contribution is 6.42. The fraction of sp³-hybridized carbons (Fsp3) is 0.0667. The molecular formula is C15H12Cl2N2O2. The maximum Gasteiger partial charge on any atom is 0.271 e. The molecule has 4 nitrogen and oxygen atoms in total. The number of carbonyl (C=O) groups is 1. The van der Waals surface area contributed by atoms with Crippen LogP contribution >= 0.6 is 23.2 Å². The number of hydrogen-bond donors (Lipinski definition) is 2. The smallest absolute Gasteiger partial charge is 0.271 e. The zero-order valence-electron chi connectivity index (χ0n) is 11.1. The van der Waals surface area contributed by atoms with Gasteiger partial charge in [0, 0.05) is 5.56 Å². The number of phenolic OH excluding ortho intramolecular Hbond substituents is 1. The third kappa shape index (κ3) is 3.97. The molecule has 1 amide bonds. The van der Waals surface area contributed by atoms with Crippen molar-refractivity contribution in [2.45, 2.75) is 6.92 Å². The zero-order valence-corrected chi connectivity index (χ0v) is 12.6. The van der Waals surface area contributed by atoms with Crippen molar-refractivity contribution in [1.29, 1.82) is 0 Å². The molecule has 6 heteroatoms. The normalized spacial score (nSPS) is 11.3. The minimum atomic E-state index is -0.366. The quantitative estimate of drug-likeness (QED) is 0.666. The molecule has 0 radical (unpaired) electrons. The molecule has 0 fully saturated rings. The maximum atomic E-state index is 11.9. The van der Waals surface area contributed by atoms with Crippen molar-refractivity contribution in [3.8, 4) is 5.75 Å². The first-order valence-electron chi connectivity index (χ1n) is 6.06. The third-order valence-corrected chi connectivity index (χ3v) is 3.53. The molecule has 0 unspecified atom stereocenters. The predicted octanol–water partition coefficient (Wildman–Crippen LogP) is 3.85. The second kappa shape index (κ2) is 6.61. The summed E-state index contributed by atoms with van der Waals surface area (Å²) in [5, 5.41) is 14.1. The van der Waals surface area contributed by atoms with Crippen LogP contribution in [0.25, 0.3) is 0 Å². The van der Waals surface area contributed by atoms with Gasteiger partial charge < -0.3 is 5.11 Å². The fourth-order valence-electron chi connectivity index (χ4n) is 1.60. The van der Waals surface area contributed by atoms with Crippen LogP contribution in [-0.2, 0) is 0 Å². The van der Waals surface area contributed by atoms with E-state index < -0.39 is 0 Å². The molecule has 0 aromatic heterocycles. The van der Waals surface area contributed by atoms with E-state index in [0.717, 1.165) is 5.56 Å². The van der Waals surface area contributed by atoms with Gasteiger partial charge in [-0.3, -0.25) is 4.79 Å². The Hall–Kier alpha value is -2.04. The second-order valence-corrected chi connectivity index (χ2v) is 5.13. The van der Waals surface area contributed by atoms with Gasteiger partial charge in [0.15, 0.2) is 0 Å². The summed E-state index contributed by atoms with van der Waals surface area (Å²) in [6.45, 7) is 1.75. The van der Waals surface area contributed by atoms with Crippen molar-refractivity contribution in [3.05, 3.63) is 63.6 Å². The van der Waals surface area contributed by atoms with E-state index in [1.165, 1.54) is 24.3 Å². The van der Waals surface area contributed by atoms with Crippen LogP contribution in [0.2, 0.25) is 10.0 Å². The first-order chi connectivity index (χ1) is 9.97. The van der Waals surface area contributed by atoms with E-state index in [-0.39, 0.29) is 11.7 Å². The number of halogens is 2. The van der Waals surface area contributed by atoms with Crippen LogP contribution in [-0.4, -0.2) is 16.7 Å². The molecule has 0 spiro atoms. The Balaban J connectivity index is 2.10. The van der Waals surface area contributed by atoms with Gasteiger partial charge in [-0.25, -0.2) is 5.43 Å². The number of nitrogens with zero attached hydrogens (tertiary/aromatic N) is 1. The number of carbonyl (C=O) groups excluding carboxylic acids is 1. The van der Waals surface area contributed by atoms with Crippen LogP contribution < -0.4 is 5.43 Å². The van der Waals surface area contributed by atoms with E-state index in [9.17, 15) is 9.90 Å². The average molecular weight is 323 g/mol. The summed E-state index contributed by atoms with van der Waals surface area (Å²) < 4.78 is 0. The number of hydrogen-bond acceptors (Lipinski definition) is 3. The molecule has 0 atom stereocenters. The van der Waals surface area contributed by atoms with Crippen molar-refractivity contribution >= 4 is 34.8 Å². The second-order valence-electron chi connectivity index (χ2n) is 4.31. The number of phenols is 1. The molecule has 2 N–H and O–H groups in total. The van der Waals surface area contributed by atoms with Gasteiger partial charge in [-0.05, 0) is 48.9 Å². The minimum Gasteiger partial charge on any atom is -0.508 e. The summed E-state index contributed by atoms with van der Waals surface area (Å²) in [6, 6.07) is 11.0. The molecule has 0 saturated heterocycles. The van der Waals surface area contributed by atoms with Crippen molar-refractivity contribution in [2.75, 3.05) is 0 Å². The molecule has 0 aliphatic carbocycles. The van der Waals surface area contributed by atoms with Gasteiger partial charge in [0.1, 0.15) is 5.75 Å². The Morgan fingerprint density at radius 3 is 2.29 bits per heavy atom. The predicted molar refractivity (Wildman–Crippen MR) is 84.2 cm³/mol. The molecule has 2 aromatic rings. The molecule has 0 aliphatic rings. The van der Waals surface area contributed by atoms with Gasteiger partial charge in [0.25, 0.3) is 5.91 Å². The van der Waals surface area contributed by atoms with Crippen molar-refractivity contribution in [2.24, 2.45) is 5.10 Å². The Morgan fingerprint density at radius 1 is 1.05 bits per heavy atom. The maximum absolute atomic E-state index is 11.9.